The van der Waals surface area contributed by atoms with Crippen molar-refractivity contribution >= 4 is 0 Å². The number of benzene rings is 1. The molecule has 1 aliphatic rings. The number of nitrogens with one attached hydrogen (secondary N) is 1. The van der Waals surface area contributed by atoms with Crippen molar-refractivity contribution in [3.8, 4) is 5.75 Å². The van der Waals surface area contributed by atoms with Crippen LogP contribution in [0, 0.1) is 6.92 Å². The van der Waals surface area contributed by atoms with Crippen LogP contribution in [0.4, 0.5) is 0 Å². The molecule has 0 saturated heterocycles. The van der Waals surface area contributed by atoms with Gasteiger partial charge in [-0.2, -0.15) is 0 Å². The Balaban J connectivity index is 1.98. The van der Waals surface area contributed by atoms with Gasteiger partial charge in [0.05, 0.1) is 0 Å². The highest BCUT2D eigenvalue weighted by Crippen LogP contribution is 2.25. The van der Waals surface area contributed by atoms with Crippen molar-refractivity contribution in [2.45, 2.75) is 39.3 Å². The van der Waals surface area contributed by atoms with Crippen LogP contribution in [-0.2, 0) is 11.3 Å². The van der Waals surface area contributed by atoms with Crippen LogP contribution >= 0.6 is 0 Å². The van der Waals surface area contributed by atoms with Crippen molar-refractivity contribution in [1.29, 1.82) is 0 Å². The molecule has 3 heteroatoms. The first kappa shape index (κ1) is 12.4. The monoisotopic (exact) mass is 235 g/mol. The molecule has 3 nitrogen and oxygen atoms in total. The number of aryl methyl sites for hydroxylation is 1. The minimum absolute atomic E-state index is 0.331. The van der Waals surface area contributed by atoms with E-state index in [-0.39, 0.29) is 0 Å². The molecule has 0 bridgehead atoms. The summed E-state index contributed by atoms with van der Waals surface area (Å²) in [5.74, 6) is 0.967. The molecule has 0 unspecified atom stereocenters. The maximum atomic E-state index is 5.70. The lowest BCUT2D eigenvalue weighted by molar-refractivity contribution is 0.0213. The molecule has 1 N–H and O–H groups in total. The number of ether oxygens (including phenoxy) is 2. The third-order valence-corrected chi connectivity index (χ3v) is 2.94. The topological polar surface area (TPSA) is 30.5 Å². The van der Waals surface area contributed by atoms with Gasteiger partial charge >= 0.3 is 0 Å². The summed E-state index contributed by atoms with van der Waals surface area (Å²) >= 11 is 0. The summed E-state index contributed by atoms with van der Waals surface area (Å²) in [6, 6.07) is 6.98. The van der Waals surface area contributed by atoms with E-state index in [2.05, 4.69) is 30.4 Å². The molecular weight excluding hydrogens is 214 g/mol. The van der Waals surface area contributed by atoms with Crippen LogP contribution in [-0.4, -0.2) is 19.4 Å². The van der Waals surface area contributed by atoms with Crippen molar-refractivity contribution in [2.24, 2.45) is 0 Å². The maximum absolute atomic E-state index is 5.70. The summed E-state index contributed by atoms with van der Waals surface area (Å²) in [6.45, 7) is 5.94. The van der Waals surface area contributed by atoms with Crippen LogP contribution in [0.5, 0.6) is 5.75 Å². The van der Waals surface area contributed by atoms with Crippen molar-refractivity contribution in [2.75, 3.05) is 13.4 Å². The normalized spacial score (nSPS) is 14.9. The Morgan fingerprint density at radius 2 is 2.18 bits per heavy atom. The Labute approximate surface area is 103 Å². The van der Waals surface area contributed by atoms with E-state index in [1.54, 1.807) is 0 Å². The minimum atomic E-state index is 0.331. The van der Waals surface area contributed by atoms with E-state index >= 15 is 0 Å². The van der Waals surface area contributed by atoms with Gasteiger partial charge in [-0.1, -0.05) is 18.2 Å². The molecule has 0 radical (unpaired) electrons. The maximum Gasteiger partial charge on any atom is 0.189 e. The molecule has 0 aliphatic heterocycles. The highest BCUT2D eigenvalue weighted by molar-refractivity contribution is 5.40. The molecule has 0 spiro atoms. The molecule has 1 saturated carbocycles. The fourth-order valence-electron chi connectivity index (χ4n) is 1.78. The average molecular weight is 235 g/mol. The summed E-state index contributed by atoms with van der Waals surface area (Å²) < 4.78 is 10.9. The first-order valence-corrected chi connectivity index (χ1v) is 6.33. The predicted molar refractivity (Wildman–Crippen MR) is 68.2 cm³/mol. The summed E-state index contributed by atoms with van der Waals surface area (Å²) in [5.41, 5.74) is 2.39. The zero-order valence-corrected chi connectivity index (χ0v) is 10.7. The number of rotatable bonds is 7. The Morgan fingerprint density at radius 3 is 2.88 bits per heavy atom. The minimum Gasteiger partial charge on any atom is -0.467 e. The fraction of sp³-hybridized carbons (Fsp3) is 0.571. The van der Waals surface area contributed by atoms with Gasteiger partial charge < -0.3 is 14.8 Å². The third-order valence-electron chi connectivity index (χ3n) is 2.94. The highest BCUT2D eigenvalue weighted by atomic mass is 16.7. The Morgan fingerprint density at radius 1 is 1.35 bits per heavy atom. The Kier molecular flexibility index (Phi) is 4.40. The summed E-state index contributed by atoms with van der Waals surface area (Å²) in [7, 11) is 0. The van der Waals surface area contributed by atoms with Crippen LogP contribution in [0.25, 0.3) is 0 Å². The number of hydrogen-bond acceptors (Lipinski definition) is 3. The van der Waals surface area contributed by atoms with Crippen molar-refractivity contribution in [3.63, 3.8) is 0 Å². The highest BCUT2D eigenvalue weighted by Gasteiger charge is 2.20. The smallest absolute Gasteiger partial charge is 0.189 e. The lowest BCUT2D eigenvalue weighted by atomic mass is 10.1. The number of para-hydroxylation sites is 1. The Bertz CT molecular complexity index is 361. The van der Waals surface area contributed by atoms with Crippen molar-refractivity contribution in [3.05, 3.63) is 29.3 Å². The van der Waals surface area contributed by atoms with Gasteiger partial charge in [0, 0.05) is 24.8 Å². The molecule has 1 aliphatic carbocycles. The molecular formula is C14H21NO2. The van der Waals surface area contributed by atoms with Crippen LogP contribution in [0.3, 0.4) is 0 Å². The standard InChI is InChI=1S/C14H21NO2/c1-3-16-10-17-14-11(2)5-4-6-12(14)9-15-13-7-8-13/h4-6,13,15H,3,7-10H2,1-2H3. The summed E-state index contributed by atoms with van der Waals surface area (Å²) in [4.78, 5) is 0. The Hall–Kier alpha value is -1.06. The lowest BCUT2D eigenvalue weighted by Crippen LogP contribution is -2.16. The van der Waals surface area contributed by atoms with Gasteiger partial charge in [0.2, 0.25) is 0 Å². The first-order valence-electron chi connectivity index (χ1n) is 6.33. The SMILES string of the molecule is CCOCOc1c(C)cccc1CNC1CC1. The molecule has 1 aromatic carbocycles. The van der Waals surface area contributed by atoms with Crippen LogP contribution in [0.15, 0.2) is 18.2 Å². The van der Waals surface area contributed by atoms with Crippen LogP contribution in [0.1, 0.15) is 30.9 Å². The molecule has 1 fully saturated rings. The molecule has 0 atom stereocenters. The van der Waals surface area contributed by atoms with Gasteiger partial charge in [0.1, 0.15) is 5.75 Å². The van der Waals surface area contributed by atoms with E-state index in [1.165, 1.54) is 24.0 Å². The zero-order chi connectivity index (χ0) is 12.1. The van der Waals surface area contributed by atoms with Gasteiger partial charge in [-0.3, -0.25) is 0 Å². The van der Waals surface area contributed by atoms with E-state index in [4.69, 9.17) is 9.47 Å². The van der Waals surface area contributed by atoms with E-state index in [0.29, 0.717) is 13.4 Å². The quantitative estimate of drug-likeness (QED) is 0.582. The molecule has 94 valence electrons. The van der Waals surface area contributed by atoms with Crippen molar-refractivity contribution < 1.29 is 9.47 Å². The lowest BCUT2D eigenvalue weighted by Gasteiger charge is -2.14. The molecule has 1 aromatic rings. The zero-order valence-electron chi connectivity index (χ0n) is 10.7. The van der Waals surface area contributed by atoms with Gasteiger partial charge in [-0.25, -0.2) is 0 Å². The molecule has 0 heterocycles. The first-order chi connectivity index (χ1) is 8.31. The van der Waals surface area contributed by atoms with E-state index < -0.39 is 0 Å². The number of hydrogen-bond donors (Lipinski definition) is 1. The second-order valence-corrected chi connectivity index (χ2v) is 4.47. The molecule has 0 amide bonds. The molecule has 2 rings (SSSR count). The van der Waals surface area contributed by atoms with E-state index in [1.807, 2.05) is 6.92 Å². The van der Waals surface area contributed by atoms with Gasteiger partial charge in [0.25, 0.3) is 0 Å². The van der Waals surface area contributed by atoms with Crippen LogP contribution < -0.4 is 10.1 Å². The second-order valence-electron chi connectivity index (χ2n) is 4.47. The molecule has 0 aromatic heterocycles. The molecule has 17 heavy (non-hydrogen) atoms. The summed E-state index contributed by atoms with van der Waals surface area (Å²) in [6.07, 6.45) is 2.61. The fourth-order valence-corrected chi connectivity index (χ4v) is 1.78. The average Bonchev–Trinajstić information content (AvgIpc) is 3.13. The summed E-state index contributed by atoms with van der Waals surface area (Å²) in [5, 5.41) is 3.51. The van der Waals surface area contributed by atoms with Crippen LogP contribution in [0.2, 0.25) is 0 Å². The largest absolute Gasteiger partial charge is 0.467 e. The second kappa shape index (κ2) is 6.03. The van der Waals surface area contributed by atoms with E-state index in [0.717, 1.165) is 18.3 Å². The van der Waals surface area contributed by atoms with Crippen molar-refractivity contribution in [1.82, 2.24) is 5.32 Å². The van der Waals surface area contributed by atoms with Gasteiger partial charge in [0.15, 0.2) is 6.79 Å². The van der Waals surface area contributed by atoms with E-state index in [9.17, 15) is 0 Å². The van der Waals surface area contributed by atoms with Gasteiger partial charge in [-0.05, 0) is 32.3 Å². The predicted octanol–water partition coefficient (Wildman–Crippen LogP) is 2.62. The third kappa shape index (κ3) is 3.72. The van der Waals surface area contributed by atoms with Gasteiger partial charge in [-0.15, -0.1) is 0 Å².